The minimum absolute atomic E-state index is 0.0661. The van der Waals surface area contributed by atoms with Crippen LogP contribution in [0.1, 0.15) is 6.42 Å². The van der Waals surface area contributed by atoms with Crippen molar-refractivity contribution in [2.45, 2.75) is 24.9 Å². The monoisotopic (exact) mass is 460 g/mol. The molecule has 33 heavy (non-hydrogen) atoms. The van der Waals surface area contributed by atoms with E-state index in [-0.39, 0.29) is 31.3 Å². The first-order valence-electron chi connectivity index (χ1n) is 10.6. The first kappa shape index (κ1) is 21.4. The lowest BCUT2D eigenvalue weighted by Crippen LogP contribution is -2.53. The molecule has 174 valence electrons. The standard InChI is InChI=1S/C21H23F3N8O/c1-30-8-6-17(21(23,24)12-30)25-20-26-19(33-2)18-14(5-9-32(18)28-20)13-3-4-15-16(11-13)31(10-7-22)29-27-15/h3-5,9,11,17H,6-8,10,12H2,1-2H3,(H,25,28)/t17-/m1/s1. The third-order valence-electron chi connectivity index (χ3n) is 5.89. The van der Waals surface area contributed by atoms with Gasteiger partial charge >= 0.3 is 0 Å². The van der Waals surface area contributed by atoms with Gasteiger partial charge in [0.25, 0.3) is 5.92 Å². The Morgan fingerprint density at radius 3 is 2.88 bits per heavy atom. The number of rotatable bonds is 6. The van der Waals surface area contributed by atoms with Crippen LogP contribution in [-0.2, 0) is 6.54 Å². The maximum atomic E-state index is 14.5. The van der Waals surface area contributed by atoms with Crippen LogP contribution in [0, 0.1) is 0 Å². The summed E-state index contributed by atoms with van der Waals surface area (Å²) >= 11 is 0. The van der Waals surface area contributed by atoms with Crippen molar-refractivity contribution in [2.75, 3.05) is 39.2 Å². The van der Waals surface area contributed by atoms with E-state index in [9.17, 15) is 13.2 Å². The second kappa shape index (κ2) is 8.18. The van der Waals surface area contributed by atoms with Crippen molar-refractivity contribution in [3.8, 4) is 17.0 Å². The molecule has 0 unspecified atom stereocenters. The molecule has 0 aliphatic carbocycles. The summed E-state index contributed by atoms with van der Waals surface area (Å²) in [5.41, 5.74) is 3.54. The van der Waals surface area contributed by atoms with Crippen molar-refractivity contribution in [1.82, 2.24) is 34.5 Å². The summed E-state index contributed by atoms with van der Waals surface area (Å²) in [6, 6.07) is 6.31. The van der Waals surface area contributed by atoms with Crippen LogP contribution in [0.15, 0.2) is 30.5 Å². The summed E-state index contributed by atoms with van der Waals surface area (Å²) in [6.45, 7) is -0.213. The van der Waals surface area contributed by atoms with Gasteiger partial charge in [0.05, 0.1) is 31.8 Å². The molecule has 0 radical (unpaired) electrons. The zero-order valence-electron chi connectivity index (χ0n) is 18.2. The van der Waals surface area contributed by atoms with Gasteiger partial charge in [-0.1, -0.05) is 11.3 Å². The van der Waals surface area contributed by atoms with Gasteiger partial charge < -0.3 is 15.0 Å². The van der Waals surface area contributed by atoms with Crippen LogP contribution in [0.3, 0.4) is 0 Å². The summed E-state index contributed by atoms with van der Waals surface area (Å²) in [5, 5.41) is 15.2. The molecule has 1 saturated heterocycles. The zero-order chi connectivity index (χ0) is 23.2. The molecule has 1 aliphatic heterocycles. The molecule has 1 aromatic carbocycles. The number of hydrogen-bond donors (Lipinski definition) is 1. The highest BCUT2D eigenvalue weighted by Gasteiger charge is 2.44. The van der Waals surface area contributed by atoms with Gasteiger partial charge in [0.1, 0.15) is 17.7 Å². The van der Waals surface area contributed by atoms with Crippen LogP contribution >= 0.6 is 0 Å². The summed E-state index contributed by atoms with van der Waals surface area (Å²) in [5.74, 6) is -2.59. The van der Waals surface area contributed by atoms with Gasteiger partial charge in [0, 0.05) is 18.3 Å². The van der Waals surface area contributed by atoms with E-state index < -0.39 is 18.6 Å². The summed E-state index contributed by atoms with van der Waals surface area (Å²) in [4.78, 5) is 5.97. The molecule has 1 N–H and O–H groups in total. The van der Waals surface area contributed by atoms with E-state index >= 15 is 0 Å². The van der Waals surface area contributed by atoms with Gasteiger partial charge in [0.15, 0.2) is 0 Å². The Labute approximate surface area is 187 Å². The van der Waals surface area contributed by atoms with Gasteiger partial charge in [-0.2, -0.15) is 4.98 Å². The Balaban J connectivity index is 1.52. The summed E-state index contributed by atoms with van der Waals surface area (Å²) in [6.07, 6.45) is 1.99. The lowest BCUT2D eigenvalue weighted by atomic mass is 10.0. The summed E-state index contributed by atoms with van der Waals surface area (Å²) in [7, 11) is 3.14. The molecule has 0 spiro atoms. The number of ether oxygens (including phenoxy) is 1. The highest BCUT2D eigenvalue weighted by atomic mass is 19.3. The molecular formula is C21H23F3N8O. The first-order valence-corrected chi connectivity index (χ1v) is 10.6. The molecule has 0 saturated carbocycles. The molecule has 0 amide bonds. The molecule has 4 heterocycles. The Hall–Kier alpha value is -3.41. The van der Waals surface area contributed by atoms with Crippen molar-refractivity contribution < 1.29 is 17.9 Å². The van der Waals surface area contributed by atoms with Gasteiger partial charge in [-0.05, 0) is 37.2 Å². The Morgan fingerprint density at radius 2 is 2.12 bits per heavy atom. The number of alkyl halides is 3. The molecule has 3 aromatic heterocycles. The van der Waals surface area contributed by atoms with Crippen LogP contribution in [0.5, 0.6) is 5.88 Å². The highest BCUT2D eigenvalue weighted by molar-refractivity contribution is 5.89. The molecule has 9 nitrogen and oxygen atoms in total. The van der Waals surface area contributed by atoms with E-state index in [0.29, 0.717) is 23.1 Å². The SMILES string of the molecule is COc1nc(N[C@@H]2CCN(C)CC2(F)F)nn2ccc(-c3ccc4nnn(CCF)c4c3)c12. The van der Waals surface area contributed by atoms with Crippen molar-refractivity contribution in [1.29, 1.82) is 0 Å². The quantitative estimate of drug-likeness (QED) is 0.474. The topological polar surface area (TPSA) is 85.4 Å². The van der Waals surface area contributed by atoms with Crippen molar-refractivity contribution in [3.63, 3.8) is 0 Å². The zero-order valence-corrected chi connectivity index (χ0v) is 18.2. The number of anilines is 1. The Kier molecular flexibility index (Phi) is 5.31. The average Bonchev–Trinajstić information content (AvgIpc) is 3.39. The van der Waals surface area contributed by atoms with Gasteiger partial charge in [-0.15, -0.1) is 10.2 Å². The predicted molar refractivity (Wildman–Crippen MR) is 117 cm³/mol. The van der Waals surface area contributed by atoms with Crippen LogP contribution in [-0.4, -0.2) is 80.4 Å². The molecule has 1 fully saturated rings. The number of nitrogens with zero attached hydrogens (tertiary/aromatic N) is 7. The second-order valence-corrected chi connectivity index (χ2v) is 8.16. The smallest absolute Gasteiger partial charge is 0.280 e. The normalized spacial score (nSPS) is 18.8. The molecule has 1 aliphatic rings. The van der Waals surface area contributed by atoms with Gasteiger partial charge in [-0.3, -0.25) is 0 Å². The van der Waals surface area contributed by atoms with Gasteiger partial charge in [0.2, 0.25) is 11.8 Å². The molecule has 5 rings (SSSR count). The molecule has 1 atom stereocenters. The number of aryl methyl sites for hydroxylation is 1. The molecular weight excluding hydrogens is 437 g/mol. The average molecular weight is 460 g/mol. The fourth-order valence-electron chi connectivity index (χ4n) is 4.25. The largest absolute Gasteiger partial charge is 0.479 e. The Bertz CT molecular complexity index is 1300. The van der Waals surface area contributed by atoms with Crippen molar-refractivity contribution in [2.24, 2.45) is 0 Å². The van der Waals surface area contributed by atoms with Crippen LogP contribution in [0.4, 0.5) is 19.1 Å². The predicted octanol–water partition coefficient (Wildman–Crippen LogP) is 2.87. The van der Waals surface area contributed by atoms with E-state index in [1.165, 1.54) is 11.8 Å². The van der Waals surface area contributed by atoms with Crippen LogP contribution < -0.4 is 10.1 Å². The number of benzene rings is 1. The molecule has 12 heteroatoms. The third kappa shape index (κ3) is 3.84. The lowest BCUT2D eigenvalue weighted by molar-refractivity contribution is -0.0675. The highest BCUT2D eigenvalue weighted by Crippen LogP contribution is 2.34. The number of fused-ring (bicyclic) bond motifs is 2. The van der Waals surface area contributed by atoms with Crippen molar-refractivity contribution >= 4 is 22.5 Å². The number of hydrogen-bond acceptors (Lipinski definition) is 7. The fourth-order valence-corrected chi connectivity index (χ4v) is 4.25. The van der Waals surface area contributed by atoms with Crippen molar-refractivity contribution in [3.05, 3.63) is 30.5 Å². The first-order chi connectivity index (χ1) is 15.9. The second-order valence-electron chi connectivity index (χ2n) is 8.16. The minimum atomic E-state index is -2.91. The van der Waals surface area contributed by atoms with Gasteiger partial charge in [-0.25, -0.2) is 22.4 Å². The summed E-state index contributed by atoms with van der Waals surface area (Å²) < 4.78 is 50.4. The van der Waals surface area contributed by atoms with E-state index in [4.69, 9.17) is 4.74 Å². The van der Waals surface area contributed by atoms with E-state index in [0.717, 1.165) is 11.1 Å². The van der Waals surface area contributed by atoms with E-state index in [1.807, 2.05) is 18.2 Å². The van der Waals surface area contributed by atoms with Crippen LogP contribution in [0.2, 0.25) is 0 Å². The number of methoxy groups -OCH3 is 1. The lowest BCUT2D eigenvalue weighted by Gasteiger charge is -2.36. The number of aromatic nitrogens is 6. The molecule has 4 aromatic rings. The maximum absolute atomic E-state index is 14.5. The number of nitrogens with one attached hydrogen (secondary N) is 1. The number of halogens is 3. The van der Waals surface area contributed by atoms with Crippen LogP contribution in [0.25, 0.3) is 27.7 Å². The third-order valence-corrected chi connectivity index (χ3v) is 5.89. The van der Waals surface area contributed by atoms with E-state index in [2.05, 4.69) is 25.7 Å². The number of likely N-dealkylation sites (tertiary alicyclic amines) is 1. The number of piperidine rings is 1. The van der Waals surface area contributed by atoms with E-state index in [1.54, 1.807) is 28.7 Å². The molecule has 0 bridgehead atoms. The maximum Gasteiger partial charge on any atom is 0.280 e. The minimum Gasteiger partial charge on any atom is -0.479 e. The fraction of sp³-hybridized carbons (Fsp3) is 0.429. The Morgan fingerprint density at radius 1 is 1.27 bits per heavy atom.